The molecule has 23 heavy (non-hydrogen) atoms. The van der Waals surface area contributed by atoms with Crippen molar-refractivity contribution in [3.63, 3.8) is 0 Å². The summed E-state index contributed by atoms with van der Waals surface area (Å²) in [6, 6.07) is 6.42. The fourth-order valence-electron chi connectivity index (χ4n) is 2.13. The van der Waals surface area contributed by atoms with E-state index in [1.807, 2.05) is 12.1 Å². The average molecular weight is 318 g/mol. The normalized spacial score (nSPS) is 12.5. The van der Waals surface area contributed by atoms with Gasteiger partial charge >= 0.3 is 0 Å². The van der Waals surface area contributed by atoms with Gasteiger partial charge in [0.2, 0.25) is 5.91 Å². The molecule has 1 atom stereocenters. The lowest BCUT2D eigenvalue weighted by Gasteiger charge is -2.19. The number of hydrogen-bond acceptors (Lipinski definition) is 3. The van der Waals surface area contributed by atoms with Gasteiger partial charge in [-0.15, -0.1) is 0 Å². The van der Waals surface area contributed by atoms with E-state index in [0.29, 0.717) is 12.0 Å². The molecule has 5 heteroatoms. The highest BCUT2D eigenvalue weighted by atomic mass is 16.2. The molecule has 0 bridgehead atoms. The van der Waals surface area contributed by atoms with Crippen molar-refractivity contribution in [2.24, 2.45) is 5.73 Å². The second kappa shape index (κ2) is 7.90. The number of hydrogen-bond donors (Lipinski definition) is 2. The van der Waals surface area contributed by atoms with E-state index in [9.17, 15) is 14.4 Å². The zero-order chi connectivity index (χ0) is 17.6. The summed E-state index contributed by atoms with van der Waals surface area (Å²) >= 11 is 0. The third kappa shape index (κ3) is 5.85. The fourth-order valence-corrected chi connectivity index (χ4v) is 2.13. The van der Waals surface area contributed by atoms with Gasteiger partial charge in [-0.25, -0.2) is 0 Å². The van der Waals surface area contributed by atoms with Gasteiger partial charge in [0, 0.05) is 18.4 Å². The van der Waals surface area contributed by atoms with E-state index in [4.69, 9.17) is 5.73 Å². The van der Waals surface area contributed by atoms with Crippen LogP contribution in [0.25, 0.3) is 0 Å². The quantitative estimate of drug-likeness (QED) is 0.808. The number of carbonyl (C=O) groups is 3. The van der Waals surface area contributed by atoms with Crippen molar-refractivity contribution < 1.29 is 14.4 Å². The van der Waals surface area contributed by atoms with E-state index in [-0.39, 0.29) is 29.9 Å². The molecule has 3 N–H and O–H groups in total. The number of carbonyl (C=O) groups excluding carboxylic acids is 3. The standard InChI is InChI=1S/C18H26N2O3/c1-5-14(21)10-11-15(16(19)22)20-17(23)12-6-8-13(9-7-12)18(2,3)4/h6-9,15H,5,10-11H2,1-4H3,(H2,19,22)(H,20,23)/t15-/m0/s1. The molecule has 0 fully saturated rings. The Morgan fingerprint density at radius 1 is 1.13 bits per heavy atom. The summed E-state index contributed by atoms with van der Waals surface area (Å²) in [7, 11) is 0. The van der Waals surface area contributed by atoms with Crippen molar-refractivity contribution in [2.45, 2.75) is 58.4 Å². The average Bonchev–Trinajstić information content (AvgIpc) is 2.49. The monoisotopic (exact) mass is 318 g/mol. The summed E-state index contributed by atoms with van der Waals surface area (Å²) < 4.78 is 0. The summed E-state index contributed by atoms with van der Waals surface area (Å²) in [5, 5.41) is 2.60. The summed E-state index contributed by atoms with van der Waals surface area (Å²) in [5.41, 5.74) is 6.90. The Balaban J connectivity index is 2.75. The molecular formula is C18H26N2O3. The molecule has 0 aliphatic rings. The molecule has 0 radical (unpaired) electrons. The Kier molecular flexibility index (Phi) is 6.49. The van der Waals surface area contributed by atoms with Gasteiger partial charge in [-0.1, -0.05) is 39.8 Å². The molecule has 1 aromatic carbocycles. The third-order valence-electron chi connectivity index (χ3n) is 3.77. The van der Waals surface area contributed by atoms with Crippen LogP contribution in [-0.2, 0) is 15.0 Å². The van der Waals surface area contributed by atoms with Gasteiger partial charge in [-0.2, -0.15) is 0 Å². The Labute approximate surface area is 137 Å². The van der Waals surface area contributed by atoms with E-state index in [2.05, 4.69) is 26.1 Å². The maximum atomic E-state index is 12.2. The molecule has 5 nitrogen and oxygen atoms in total. The van der Waals surface area contributed by atoms with Crippen LogP contribution in [0.5, 0.6) is 0 Å². The molecule has 0 heterocycles. The SMILES string of the molecule is CCC(=O)CC[C@H](NC(=O)c1ccc(C(C)(C)C)cc1)C(N)=O. The molecule has 0 unspecified atom stereocenters. The second-order valence-electron chi connectivity index (χ2n) is 6.69. The van der Waals surface area contributed by atoms with Crippen LogP contribution >= 0.6 is 0 Å². The van der Waals surface area contributed by atoms with Crippen molar-refractivity contribution in [3.05, 3.63) is 35.4 Å². The van der Waals surface area contributed by atoms with Gasteiger partial charge < -0.3 is 11.1 Å². The smallest absolute Gasteiger partial charge is 0.251 e. The topological polar surface area (TPSA) is 89.3 Å². The fraction of sp³-hybridized carbons (Fsp3) is 0.500. The number of amides is 2. The number of nitrogens with one attached hydrogen (secondary N) is 1. The predicted octanol–water partition coefficient (Wildman–Crippen LogP) is 2.33. The van der Waals surface area contributed by atoms with E-state index >= 15 is 0 Å². The minimum Gasteiger partial charge on any atom is -0.368 e. The number of benzene rings is 1. The first-order valence-electron chi connectivity index (χ1n) is 7.87. The minimum atomic E-state index is -0.833. The highest BCUT2D eigenvalue weighted by molar-refractivity contribution is 5.97. The maximum absolute atomic E-state index is 12.2. The van der Waals surface area contributed by atoms with Crippen LogP contribution < -0.4 is 11.1 Å². The first kappa shape index (κ1) is 18.9. The largest absolute Gasteiger partial charge is 0.368 e. The van der Waals surface area contributed by atoms with Crippen molar-refractivity contribution in [3.8, 4) is 0 Å². The van der Waals surface area contributed by atoms with Gasteiger partial charge in [-0.05, 0) is 29.5 Å². The van der Waals surface area contributed by atoms with Gasteiger partial charge in [0.05, 0.1) is 0 Å². The molecule has 0 aromatic heterocycles. The molecule has 2 amide bonds. The lowest BCUT2D eigenvalue weighted by molar-refractivity contribution is -0.121. The van der Waals surface area contributed by atoms with Gasteiger partial charge in [0.15, 0.2) is 0 Å². The number of ketones is 1. The Hall–Kier alpha value is -2.17. The minimum absolute atomic E-state index is 0.00524. The number of primary amides is 1. The molecule has 0 aliphatic heterocycles. The van der Waals surface area contributed by atoms with Crippen molar-refractivity contribution in [2.75, 3.05) is 0 Å². The van der Waals surface area contributed by atoms with Gasteiger partial charge in [-0.3, -0.25) is 14.4 Å². The molecule has 126 valence electrons. The molecular weight excluding hydrogens is 292 g/mol. The summed E-state index contributed by atoms with van der Waals surface area (Å²) in [4.78, 5) is 35.0. The molecule has 1 rings (SSSR count). The summed E-state index contributed by atoms with van der Waals surface area (Å²) in [6.07, 6.45) is 0.870. The number of Topliss-reactive ketones (excluding diaryl/α,β-unsaturated/α-hetero) is 1. The molecule has 0 saturated carbocycles. The van der Waals surface area contributed by atoms with Crippen molar-refractivity contribution >= 4 is 17.6 Å². The predicted molar refractivity (Wildman–Crippen MR) is 90.1 cm³/mol. The van der Waals surface area contributed by atoms with Crippen LogP contribution in [-0.4, -0.2) is 23.6 Å². The van der Waals surface area contributed by atoms with Crippen LogP contribution in [0, 0.1) is 0 Å². The second-order valence-corrected chi connectivity index (χ2v) is 6.69. The van der Waals surface area contributed by atoms with Crippen molar-refractivity contribution in [1.29, 1.82) is 0 Å². The Morgan fingerprint density at radius 3 is 2.13 bits per heavy atom. The first-order chi connectivity index (χ1) is 10.6. The Morgan fingerprint density at radius 2 is 1.70 bits per heavy atom. The van der Waals surface area contributed by atoms with Crippen LogP contribution in [0.2, 0.25) is 0 Å². The molecule has 0 aliphatic carbocycles. The molecule has 0 saturated heterocycles. The van der Waals surface area contributed by atoms with E-state index in [1.165, 1.54) is 0 Å². The van der Waals surface area contributed by atoms with E-state index < -0.39 is 11.9 Å². The van der Waals surface area contributed by atoms with Crippen molar-refractivity contribution in [1.82, 2.24) is 5.32 Å². The van der Waals surface area contributed by atoms with Gasteiger partial charge in [0.25, 0.3) is 5.91 Å². The zero-order valence-corrected chi connectivity index (χ0v) is 14.3. The Bertz CT molecular complexity index is 571. The lowest BCUT2D eigenvalue weighted by atomic mass is 9.86. The highest BCUT2D eigenvalue weighted by Crippen LogP contribution is 2.22. The van der Waals surface area contributed by atoms with Crippen LogP contribution in [0.15, 0.2) is 24.3 Å². The van der Waals surface area contributed by atoms with Crippen LogP contribution in [0.4, 0.5) is 0 Å². The maximum Gasteiger partial charge on any atom is 0.251 e. The third-order valence-corrected chi connectivity index (χ3v) is 3.77. The van der Waals surface area contributed by atoms with E-state index in [0.717, 1.165) is 5.56 Å². The number of rotatable bonds is 7. The van der Waals surface area contributed by atoms with E-state index in [1.54, 1.807) is 19.1 Å². The first-order valence-corrected chi connectivity index (χ1v) is 7.87. The lowest BCUT2D eigenvalue weighted by Crippen LogP contribution is -2.44. The summed E-state index contributed by atoms with van der Waals surface area (Å²) in [6.45, 7) is 8.04. The zero-order valence-electron chi connectivity index (χ0n) is 14.3. The molecule has 0 spiro atoms. The van der Waals surface area contributed by atoms with Crippen LogP contribution in [0.1, 0.15) is 62.9 Å². The summed E-state index contributed by atoms with van der Waals surface area (Å²) in [5.74, 6) is -0.952. The molecule has 1 aromatic rings. The van der Waals surface area contributed by atoms with Gasteiger partial charge in [0.1, 0.15) is 11.8 Å². The highest BCUT2D eigenvalue weighted by Gasteiger charge is 2.20. The van der Waals surface area contributed by atoms with Crippen LogP contribution in [0.3, 0.4) is 0 Å². The number of nitrogens with two attached hydrogens (primary N) is 1.